The molecule has 0 saturated carbocycles. The predicted octanol–water partition coefficient (Wildman–Crippen LogP) is 2.89. The average Bonchev–Trinajstić information content (AvgIpc) is 3.14. The van der Waals surface area contributed by atoms with E-state index in [2.05, 4.69) is 14.4 Å². The summed E-state index contributed by atoms with van der Waals surface area (Å²) in [6.45, 7) is 0. The van der Waals surface area contributed by atoms with Crippen molar-refractivity contribution in [2.75, 3.05) is 16.6 Å². The van der Waals surface area contributed by atoms with E-state index in [1.807, 2.05) is 0 Å². The molecule has 0 aliphatic rings. The van der Waals surface area contributed by atoms with Gasteiger partial charge in [0.2, 0.25) is 0 Å². The fourth-order valence-corrected chi connectivity index (χ4v) is 5.04. The Labute approximate surface area is 165 Å². The number of halogens is 1. The summed E-state index contributed by atoms with van der Waals surface area (Å²) in [6.07, 6.45) is 1.46. The molecule has 2 aromatic carbocycles. The van der Waals surface area contributed by atoms with Crippen molar-refractivity contribution in [2.24, 2.45) is 0 Å². The van der Waals surface area contributed by atoms with Crippen molar-refractivity contribution in [3.63, 3.8) is 0 Å². The highest BCUT2D eigenvalue weighted by atomic mass is 32.2. The van der Waals surface area contributed by atoms with Crippen LogP contribution in [0, 0.1) is 5.82 Å². The maximum atomic E-state index is 13.8. The van der Waals surface area contributed by atoms with E-state index in [4.69, 9.17) is 4.74 Å². The zero-order valence-corrected chi connectivity index (χ0v) is 16.7. The number of nitrogens with one attached hydrogen (secondary N) is 2. The number of methoxy groups -OCH3 is 1. The number of hydrogen-bond donors (Lipinski definition) is 2. The number of nitrogens with zero attached hydrogens (tertiary/aromatic N) is 1. The van der Waals surface area contributed by atoms with E-state index < -0.39 is 25.9 Å². The van der Waals surface area contributed by atoms with Gasteiger partial charge in [0.25, 0.3) is 20.0 Å². The van der Waals surface area contributed by atoms with E-state index in [1.54, 1.807) is 5.38 Å². The molecule has 3 rings (SSSR count). The summed E-state index contributed by atoms with van der Waals surface area (Å²) in [4.78, 5) is 3.48. The van der Waals surface area contributed by atoms with Crippen LogP contribution in [0.2, 0.25) is 0 Å². The molecule has 0 radical (unpaired) electrons. The first kappa shape index (κ1) is 20.0. The number of thiazole rings is 1. The Bertz CT molecular complexity index is 1180. The van der Waals surface area contributed by atoms with Crippen LogP contribution in [0.15, 0.2) is 63.8 Å². The van der Waals surface area contributed by atoms with Crippen LogP contribution >= 0.6 is 11.3 Å². The Kier molecular flexibility index (Phi) is 5.54. The zero-order valence-electron chi connectivity index (χ0n) is 14.3. The highest BCUT2D eigenvalue weighted by Crippen LogP contribution is 2.24. The topological polar surface area (TPSA) is 114 Å². The van der Waals surface area contributed by atoms with Crippen molar-refractivity contribution >= 4 is 42.2 Å². The second-order valence-corrected chi connectivity index (χ2v) is 9.63. The van der Waals surface area contributed by atoms with Gasteiger partial charge in [0.05, 0.1) is 16.9 Å². The van der Waals surface area contributed by atoms with Gasteiger partial charge in [-0.15, -0.1) is 11.3 Å². The van der Waals surface area contributed by atoms with Crippen LogP contribution < -0.4 is 14.2 Å². The van der Waals surface area contributed by atoms with Gasteiger partial charge in [-0.1, -0.05) is 0 Å². The van der Waals surface area contributed by atoms with Crippen LogP contribution in [0.3, 0.4) is 0 Å². The van der Waals surface area contributed by atoms with Crippen LogP contribution in [-0.2, 0) is 20.0 Å². The molecular weight excluding hydrogens is 429 g/mol. The van der Waals surface area contributed by atoms with E-state index in [0.29, 0.717) is 0 Å². The van der Waals surface area contributed by atoms with Crippen molar-refractivity contribution in [3.8, 4) is 5.75 Å². The monoisotopic (exact) mass is 443 g/mol. The van der Waals surface area contributed by atoms with Crippen molar-refractivity contribution in [1.29, 1.82) is 0 Å². The molecule has 148 valence electrons. The van der Waals surface area contributed by atoms with Crippen molar-refractivity contribution in [2.45, 2.75) is 9.79 Å². The first-order valence-electron chi connectivity index (χ1n) is 7.60. The molecule has 0 unspecified atom stereocenters. The number of ether oxygens (including phenoxy) is 1. The predicted molar refractivity (Wildman–Crippen MR) is 103 cm³/mol. The molecule has 0 fully saturated rings. The lowest BCUT2D eigenvalue weighted by Gasteiger charge is -2.10. The molecule has 8 nitrogen and oxygen atoms in total. The Balaban J connectivity index is 1.79. The lowest BCUT2D eigenvalue weighted by molar-refractivity contribution is 0.385. The first-order valence-corrected chi connectivity index (χ1v) is 11.4. The molecule has 0 atom stereocenters. The number of sulfonamides is 2. The van der Waals surface area contributed by atoms with E-state index in [-0.39, 0.29) is 26.4 Å². The van der Waals surface area contributed by atoms with Gasteiger partial charge in [0.15, 0.2) is 16.7 Å². The van der Waals surface area contributed by atoms with Crippen LogP contribution in [-0.4, -0.2) is 28.9 Å². The normalized spacial score (nSPS) is 11.8. The van der Waals surface area contributed by atoms with E-state index in [0.717, 1.165) is 17.4 Å². The molecule has 28 heavy (non-hydrogen) atoms. The molecule has 0 aliphatic heterocycles. The summed E-state index contributed by atoms with van der Waals surface area (Å²) in [5.74, 6) is -0.902. The number of benzene rings is 2. The van der Waals surface area contributed by atoms with Crippen LogP contribution in [0.1, 0.15) is 0 Å². The minimum atomic E-state index is -4.07. The molecule has 0 amide bonds. The molecule has 1 heterocycles. The molecule has 0 bridgehead atoms. The van der Waals surface area contributed by atoms with Gasteiger partial charge in [-0.25, -0.2) is 26.2 Å². The molecule has 0 aliphatic carbocycles. The van der Waals surface area contributed by atoms with Gasteiger partial charge in [0.1, 0.15) is 0 Å². The lowest BCUT2D eigenvalue weighted by Crippen LogP contribution is -2.14. The number of anilines is 2. The standard InChI is InChI=1S/C16H14FN3O5S3/c1-25-15-7-6-13(10-14(15)17)28(23,24)19-11-2-4-12(5-3-11)27(21,22)20-16-18-8-9-26-16/h2-10,19H,1H3,(H,18,20). The van der Waals surface area contributed by atoms with Gasteiger partial charge < -0.3 is 4.74 Å². The zero-order chi connectivity index (χ0) is 20.4. The minimum absolute atomic E-state index is 0.0684. The minimum Gasteiger partial charge on any atom is -0.494 e. The summed E-state index contributed by atoms with van der Waals surface area (Å²) >= 11 is 1.12. The summed E-state index contributed by atoms with van der Waals surface area (Å²) in [5.41, 5.74) is 0.115. The Morgan fingerprint density at radius 1 is 0.964 bits per heavy atom. The van der Waals surface area contributed by atoms with E-state index in [1.165, 1.54) is 49.7 Å². The second kappa shape index (κ2) is 7.73. The van der Waals surface area contributed by atoms with Gasteiger partial charge in [-0.3, -0.25) is 9.44 Å². The Morgan fingerprint density at radius 2 is 1.61 bits per heavy atom. The highest BCUT2D eigenvalue weighted by molar-refractivity contribution is 7.93. The van der Waals surface area contributed by atoms with Gasteiger partial charge in [-0.2, -0.15) is 0 Å². The Hall–Kier alpha value is -2.70. The van der Waals surface area contributed by atoms with Gasteiger partial charge in [0, 0.05) is 17.3 Å². The van der Waals surface area contributed by atoms with Crippen molar-refractivity contribution in [1.82, 2.24) is 4.98 Å². The summed E-state index contributed by atoms with van der Waals surface area (Å²) in [7, 11) is -6.65. The second-order valence-electron chi connectivity index (χ2n) is 5.37. The third-order valence-electron chi connectivity index (χ3n) is 3.50. The third kappa shape index (κ3) is 4.40. The average molecular weight is 444 g/mol. The fourth-order valence-electron chi connectivity index (χ4n) is 2.18. The highest BCUT2D eigenvalue weighted by Gasteiger charge is 2.19. The van der Waals surface area contributed by atoms with Crippen LogP contribution in [0.4, 0.5) is 15.2 Å². The number of aromatic nitrogens is 1. The third-order valence-corrected chi connectivity index (χ3v) is 7.06. The molecule has 0 spiro atoms. The largest absolute Gasteiger partial charge is 0.494 e. The lowest BCUT2D eigenvalue weighted by atomic mass is 10.3. The van der Waals surface area contributed by atoms with Crippen molar-refractivity contribution in [3.05, 3.63) is 59.9 Å². The number of rotatable bonds is 7. The van der Waals surface area contributed by atoms with Crippen molar-refractivity contribution < 1.29 is 26.0 Å². The summed E-state index contributed by atoms with van der Waals surface area (Å²) in [6, 6.07) is 8.27. The molecule has 1 aromatic heterocycles. The van der Waals surface area contributed by atoms with Gasteiger partial charge in [-0.05, 0) is 42.5 Å². The SMILES string of the molecule is COc1ccc(S(=O)(=O)Nc2ccc(S(=O)(=O)Nc3nccs3)cc2)cc1F. The van der Waals surface area contributed by atoms with Crippen LogP contribution in [0.5, 0.6) is 5.75 Å². The van der Waals surface area contributed by atoms with Gasteiger partial charge >= 0.3 is 0 Å². The molecule has 3 aromatic rings. The fraction of sp³-hybridized carbons (Fsp3) is 0.0625. The van der Waals surface area contributed by atoms with E-state index in [9.17, 15) is 21.2 Å². The maximum Gasteiger partial charge on any atom is 0.263 e. The first-order chi connectivity index (χ1) is 13.2. The number of hydrogen-bond acceptors (Lipinski definition) is 7. The molecule has 0 saturated heterocycles. The molecule has 12 heteroatoms. The van der Waals surface area contributed by atoms with Crippen LogP contribution in [0.25, 0.3) is 0 Å². The van der Waals surface area contributed by atoms with E-state index >= 15 is 0 Å². The quantitative estimate of drug-likeness (QED) is 0.580. The molecular formula is C16H14FN3O5S3. The smallest absolute Gasteiger partial charge is 0.263 e. The summed E-state index contributed by atoms with van der Waals surface area (Å²) < 4.78 is 72.4. The maximum absolute atomic E-state index is 13.8. The summed E-state index contributed by atoms with van der Waals surface area (Å²) in [5, 5.41) is 1.84. The Morgan fingerprint density at radius 3 is 2.18 bits per heavy atom. The molecule has 2 N–H and O–H groups in total.